The third kappa shape index (κ3) is 6.68. The van der Waals surface area contributed by atoms with E-state index in [-0.39, 0.29) is 11.7 Å². The number of halogens is 2. The molecule has 5 heteroatoms. The van der Waals surface area contributed by atoms with E-state index in [1.54, 1.807) is 12.1 Å². The predicted octanol–water partition coefficient (Wildman–Crippen LogP) is 3.11. The summed E-state index contributed by atoms with van der Waals surface area (Å²) in [5.74, 6) is -0.301. The monoisotopic (exact) mass is 330 g/mol. The zero-order valence-corrected chi connectivity index (χ0v) is 12.5. The van der Waals surface area contributed by atoms with E-state index >= 15 is 0 Å². The lowest BCUT2D eigenvalue weighted by molar-refractivity contribution is -0.121. The second-order valence-electron chi connectivity index (χ2n) is 4.48. The smallest absolute Gasteiger partial charge is 0.220 e. The molecule has 1 aromatic rings. The van der Waals surface area contributed by atoms with Gasteiger partial charge in [-0.25, -0.2) is 4.39 Å². The van der Waals surface area contributed by atoms with Crippen molar-refractivity contribution in [2.75, 3.05) is 6.54 Å². The van der Waals surface area contributed by atoms with E-state index in [1.165, 1.54) is 6.07 Å². The maximum absolute atomic E-state index is 13.3. The average molecular weight is 331 g/mol. The number of carbonyl (C=O) groups excluding carboxylic acids is 1. The van der Waals surface area contributed by atoms with Crippen molar-refractivity contribution in [1.82, 2.24) is 5.32 Å². The molecule has 0 aliphatic carbocycles. The number of amides is 1. The van der Waals surface area contributed by atoms with Crippen LogP contribution in [0, 0.1) is 5.82 Å². The van der Waals surface area contributed by atoms with E-state index in [4.69, 9.17) is 5.73 Å². The van der Waals surface area contributed by atoms with Crippen LogP contribution in [-0.4, -0.2) is 12.5 Å². The molecule has 3 nitrogen and oxygen atoms in total. The molecule has 1 aromatic carbocycles. The molecule has 1 amide bonds. The van der Waals surface area contributed by atoms with Crippen LogP contribution >= 0.6 is 15.9 Å². The first-order valence-electron chi connectivity index (χ1n) is 6.54. The van der Waals surface area contributed by atoms with Crippen molar-refractivity contribution in [2.24, 2.45) is 5.73 Å². The Kier molecular flexibility index (Phi) is 7.67. The molecular weight excluding hydrogens is 311 g/mol. The molecule has 0 radical (unpaired) electrons. The van der Waals surface area contributed by atoms with Gasteiger partial charge in [-0.05, 0) is 53.0 Å². The molecule has 0 unspecified atom stereocenters. The largest absolute Gasteiger partial charge is 0.352 e. The number of benzene rings is 1. The van der Waals surface area contributed by atoms with Gasteiger partial charge in [-0.2, -0.15) is 0 Å². The van der Waals surface area contributed by atoms with Gasteiger partial charge >= 0.3 is 0 Å². The fourth-order valence-corrected chi connectivity index (χ4v) is 1.97. The fourth-order valence-electron chi connectivity index (χ4n) is 1.72. The average Bonchev–Trinajstić information content (AvgIpc) is 2.40. The lowest BCUT2D eigenvalue weighted by Crippen LogP contribution is -2.22. The molecule has 0 spiro atoms. The maximum atomic E-state index is 13.3. The lowest BCUT2D eigenvalue weighted by Gasteiger charge is -2.06. The van der Waals surface area contributed by atoms with E-state index in [2.05, 4.69) is 21.2 Å². The van der Waals surface area contributed by atoms with E-state index in [1.807, 2.05) is 0 Å². The van der Waals surface area contributed by atoms with Gasteiger partial charge in [0.1, 0.15) is 5.82 Å². The van der Waals surface area contributed by atoms with Gasteiger partial charge in [0.05, 0.1) is 4.47 Å². The first kappa shape index (κ1) is 16.1. The summed E-state index contributed by atoms with van der Waals surface area (Å²) in [5.41, 5.74) is 6.15. The van der Waals surface area contributed by atoms with E-state index in [9.17, 15) is 9.18 Å². The minimum atomic E-state index is -0.312. The summed E-state index contributed by atoms with van der Waals surface area (Å²) in [4.78, 5) is 11.6. The van der Waals surface area contributed by atoms with Gasteiger partial charge in [-0.15, -0.1) is 0 Å². The number of carbonyl (C=O) groups is 1. The van der Waals surface area contributed by atoms with Crippen molar-refractivity contribution in [2.45, 2.75) is 38.6 Å². The highest BCUT2D eigenvalue weighted by molar-refractivity contribution is 9.10. The number of nitrogens with two attached hydrogens (primary N) is 1. The van der Waals surface area contributed by atoms with E-state index in [0.717, 1.165) is 31.2 Å². The zero-order chi connectivity index (χ0) is 14.1. The molecule has 0 saturated carbocycles. The third-order valence-corrected chi connectivity index (χ3v) is 3.47. The van der Waals surface area contributed by atoms with Crippen LogP contribution in [0.4, 0.5) is 4.39 Å². The lowest BCUT2D eigenvalue weighted by atomic mass is 10.1. The molecular formula is C14H20BrFN2O. The molecule has 0 atom stereocenters. The third-order valence-electron chi connectivity index (χ3n) is 2.83. The molecule has 3 N–H and O–H groups in total. The molecule has 0 fully saturated rings. The summed E-state index contributed by atoms with van der Waals surface area (Å²) in [6.07, 6.45) is 4.50. The molecule has 0 aliphatic rings. The number of nitrogens with one attached hydrogen (secondary N) is 1. The topological polar surface area (TPSA) is 55.1 Å². The second kappa shape index (κ2) is 9.04. The number of hydrogen-bond donors (Lipinski definition) is 2. The van der Waals surface area contributed by atoms with Gasteiger partial charge in [-0.1, -0.05) is 18.9 Å². The molecule has 0 aliphatic heterocycles. The number of unbranched alkanes of at least 4 members (excludes halogenated alkanes) is 3. The molecule has 0 aromatic heterocycles. The minimum Gasteiger partial charge on any atom is -0.352 e. The minimum absolute atomic E-state index is 0.0103. The van der Waals surface area contributed by atoms with Crippen LogP contribution in [0.2, 0.25) is 0 Å². The van der Waals surface area contributed by atoms with Gasteiger partial charge < -0.3 is 11.1 Å². The van der Waals surface area contributed by atoms with Crippen LogP contribution in [0.1, 0.15) is 37.7 Å². The van der Waals surface area contributed by atoms with E-state index < -0.39 is 0 Å². The Morgan fingerprint density at radius 2 is 2.00 bits per heavy atom. The van der Waals surface area contributed by atoms with Crippen molar-refractivity contribution < 1.29 is 9.18 Å². The number of rotatable bonds is 8. The van der Waals surface area contributed by atoms with Gasteiger partial charge in [0.25, 0.3) is 0 Å². The standard InChI is InChI=1S/C14H20BrFN2O/c15-12-7-6-11(9-13(12)16)10-18-14(19)5-3-1-2-4-8-17/h6-7,9H,1-5,8,10,17H2,(H,18,19). The van der Waals surface area contributed by atoms with Crippen molar-refractivity contribution >= 4 is 21.8 Å². The summed E-state index contributed by atoms with van der Waals surface area (Å²) in [6, 6.07) is 4.85. The van der Waals surface area contributed by atoms with Crippen LogP contribution in [-0.2, 0) is 11.3 Å². The van der Waals surface area contributed by atoms with Gasteiger partial charge in [-0.3, -0.25) is 4.79 Å². The highest BCUT2D eigenvalue weighted by Crippen LogP contribution is 2.16. The molecule has 0 bridgehead atoms. The Bertz CT molecular complexity index is 412. The van der Waals surface area contributed by atoms with Crippen LogP contribution in [0.3, 0.4) is 0 Å². The normalized spacial score (nSPS) is 10.5. The van der Waals surface area contributed by atoms with Gasteiger partial charge in [0.2, 0.25) is 5.91 Å². The Balaban J connectivity index is 2.20. The fraction of sp³-hybridized carbons (Fsp3) is 0.500. The van der Waals surface area contributed by atoms with Crippen molar-refractivity contribution in [3.8, 4) is 0 Å². The quantitative estimate of drug-likeness (QED) is 0.719. The molecule has 1 rings (SSSR count). The second-order valence-corrected chi connectivity index (χ2v) is 5.33. The van der Waals surface area contributed by atoms with Crippen LogP contribution in [0.15, 0.2) is 22.7 Å². The maximum Gasteiger partial charge on any atom is 0.220 e. The Morgan fingerprint density at radius 1 is 1.26 bits per heavy atom. The van der Waals surface area contributed by atoms with Crippen LogP contribution < -0.4 is 11.1 Å². The van der Waals surface area contributed by atoms with Crippen molar-refractivity contribution in [3.63, 3.8) is 0 Å². The van der Waals surface area contributed by atoms with Gasteiger partial charge in [0.15, 0.2) is 0 Å². The first-order chi connectivity index (χ1) is 9.13. The highest BCUT2D eigenvalue weighted by Gasteiger charge is 2.03. The zero-order valence-electron chi connectivity index (χ0n) is 10.9. The Morgan fingerprint density at radius 3 is 2.68 bits per heavy atom. The van der Waals surface area contributed by atoms with Crippen molar-refractivity contribution in [3.05, 3.63) is 34.1 Å². The van der Waals surface area contributed by atoms with Crippen LogP contribution in [0.25, 0.3) is 0 Å². The first-order valence-corrected chi connectivity index (χ1v) is 7.33. The van der Waals surface area contributed by atoms with Crippen LogP contribution in [0.5, 0.6) is 0 Å². The summed E-state index contributed by atoms with van der Waals surface area (Å²) in [6.45, 7) is 1.08. The summed E-state index contributed by atoms with van der Waals surface area (Å²) in [5, 5.41) is 2.79. The summed E-state index contributed by atoms with van der Waals surface area (Å²) < 4.78 is 13.7. The Labute approximate surface area is 121 Å². The number of hydrogen-bond acceptors (Lipinski definition) is 2. The summed E-state index contributed by atoms with van der Waals surface area (Å²) in [7, 11) is 0. The molecule has 106 valence electrons. The van der Waals surface area contributed by atoms with Crippen molar-refractivity contribution in [1.29, 1.82) is 0 Å². The SMILES string of the molecule is NCCCCCCC(=O)NCc1ccc(Br)c(F)c1. The highest BCUT2D eigenvalue weighted by atomic mass is 79.9. The van der Waals surface area contributed by atoms with E-state index in [0.29, 0.717) is 24.0 Å². The molecule has 19 heavy (non-hydrogen) atoms. The van der Waals surface area contributed by atoms with Gasteiger partial charge in [0, 0.05) is 13.0 Å². The Hall–Kier alpha value is -0.940. The molecule has 0 saturated heterocycles. The molecule has 0 heterocycles. The predicted molar refractivity (Wildman–Crippen MR) is 78.1 cm³/mol. The summed E-state index contributed by atoms with van der Waals surface area (Å²) >= 11 is 3.09.